The molecular formula is C13H16FN3. The molecule has 3 nitrogen and oxygen atoms in total. The van der Waals surface area contributed by atoms with E-state index < -0.39 is 5.82 Å². The molecule has 0 atom stereocenters. The van der Waals surface area contributed by atoms with Gasteiger partial charge in [-0.3, -0.25) is 4.90 Å². The summed E-state index contributed by atoms with van der Waals surface area (Å²) in [4.78, 5) is 2.34. The van der Waals surface area contributed by atoms with E-state index in [0.29, 0.717) is 6.04 Å². The Hall–Kier alpha value is -1.44. The molecule has 0 amide bonds. The third kappa shape index (κ3) is 2.63. The average Bonchev–Trinajstić information content (AvgIpc) is 2.28. The number of hydrogen-bond acceptors (Lipinski definition) is 3. The molecule has 17 heavy (non-hydrogen) atoms. The molecule has 4 heteroatoms. The van der Waals surface area contributed by atoms with E-state index in [2.05, 4.69) is 17.1 Å². The minimum Gasteiger partial charge on any atom is -0.314 e. The normalized spacial score (nSPS) is 15.6. The van der Waals surface area contributed by atoms with Gasteiger partial charge >= 0.3 is 0 Å². The van der Waals surface area contributed by atoms with Gasteiger partial charge in [-0.15, -0.1) is 0 Å². The predicted molar refractivity (Wildman–Crippen MR) is 63.9 cm³/mol. The standard InChI is InChI=1S/C13H16FN3/c1-2-17(12-7-16-8-12)9-10-3-4-13(14)11(5-10)6-15/h3-5,12,16H,2,7-9H2,1H3. The fourth-order valence-corrected chi connectivity index (χ4v) is 2.02. The second-order valence-electron chi connectivity index (χ2n) is 4.30. The monoisotopic (exact) mass is 233 g/mol. The third-order valence-electron chi connectivity index (χ3n) is 3.22. The highest BCUT2D eigenvalue weighted by atomic mass is 19.1. The van der Waals surface area contributed by atoms with Crippen molar-refractivity contribution in [3.8, 4) is 6.07 Å². The first-order valence-electron chi connectivity index (χ1n) is 5.88. The highest BCUT2D eigenvalue weighted by Gasteiger charge is 2.23. The first-order valence-corrected chi connectivity index (χ1v) is 5.88. The molecule has 1 aliphatic rings. The molecule has 1 aromatic carbocycles. The lowest BCUT2D eigenvalue weighted by Crippen LogP contribution is -2.56. The van der Waals surface area contributed by atoms with Crippen molar-refractivity contribution < 1.29 is 4.39 Å². The van der Waals surface area contributed by atoms with E-state index in [1.807, 2.05) is 6.07 Å². The number of nitrogens with zero attached hydrogens (tertiary/aromatic N) is 2. The smallest absolute Gasteiger partial charge is 0.140 e. The number of nitriles is 1. The van der Waals surface area contributed by atoms with Crippen LogP contribution in [0.15, 0.2) is 18.2 Å². The SMILES string of the molecule is CCN(Cc1ccc(F)c(C#N)c1)C1CNC1. The van der Waals surface area contributed by atoms with Crippen molar-refractivity contribution in [3.05, 3.63) is 35.1 Å². The van der Waals surface area contributed by atoms with E-state index in [-0.39, 0.29) is 5.56 Å². The van der Waals surface area contributed by atoms with E-state index in [1.165, 1.54) is 6.07 Å². The van der Waals surface area contributed by atoms with Crippen LogP contribution < -0.4 is 5.32 Å². The Balaban J connectivity index is 2.09. The van der Waals surface area contributed by atoms with Crippen molar-refractivity contribution in [2.24, 2.45) is 0 Å². The minimum atomic E-state index is -0.440. The van der Waals surface area contributed by atoms with Crippen LogP contribution in [0.2, 0.25) is 0 Å². The van der Waals surface area contributed by atoms with E-state index in [9.17, 15) is 4.39 Å². The van der Waals surface area contributed by atoms with Gasteiger partial charge in [0.2, 0.25) is 0 Å². The molecule has 1 aromatic rings. The maximum atomic E-state index is 13.2. The summed E-state index contributed by atoms with van der Waals surface area (Å²) in [5.41, 5.74) is 1.13. The van der Waals surface area contributed by atoms with Crippen LogP contribution in [0.25, 0.3) is 0 Å². The first-order chi connectivity index (χ1) is 8.24. The van der Waals surface area contributed by atoms with Gasteiger partial charge < -0.3 is 5.32 Å². The summed E-state index contributed by atoms with van der Waals surface area (Å²) >= 11 is 0. The van der Waals surface area contributed by atoms with Crippen molar-refractivity contribution in [1.82, 2.24) is 10.2 Å². The first kappa shape index (κ1) is 12.0. The molecule has 1 fully saturated rings. The molecule has 0 unspecified atom stereocenters. The molecule has 2 rings (SSSR count). The van der Waals surface area contributed by atoms with Crippen molar-refractivity contribution in [2.45, 2.75) is 19.5 Å². The molecule has 0 radical (unpaired) electrons. The number of likely N-dealkylation sites (N-methyl/N-ethyl adjacent to an activating group) is 1. The zero-order chi connectivity index (χ0) is 12.3. The van der Waals surface area contributed by atoms with Crippen LogP contribution in [0.4, 0.5) is 4.39 Å². The second kappa shape index (κ2) is 5.26. The predicted octanol–water partition coefficient (Wildman–Crippen LogP) is 1.49. The highest BCUT2D eigenvalue weighted by Crippen LogP contribution is 2.14. The summed E-state index contributed by atoms with van der Waals surface area (Å²) < 4.78 is 13.2. The number of rotatable bonds is 4. The number of nitrogens with one attached hydrogen (secondary N) is 1. The molecule has 1 saturated heterocycles. The highest BCUT2D eigenvalue weighted by molar-refractivity contribution is 5.34. The Morgan fingerprint density at radius 3 is 2.82 bits per heavy atom. The zero-order valence-corrected chi connectivity index (χ0v) is 9.91. The number of hydrogen-bond donors (Lipinski definition) is 1. The Morgan fingerprint density at radius 1 is 1.53 bits per heavy atom. The molecular weight excluding hydrogens is 217 g/mol. The van der Waals surface area contributed by atoms with Gasteiger partial charge in [0.15, 0.2) is 0 Å². The summed E-state index contributed by atoms with van der Waals surface area (Å²) in [5, 5.41) is 12.0. The lowest BCUT2D eigenvalue weighted by molar-refractivity contribution is 0.145. The van der Waals surface area contributed by atoms with Crippen molar-refractivity contribution >= 4 is 0 Å². The summed E-state index contributed by atoms with van der Waals surface area (Å²) in [6.45, 7) is 5.89. The number of benzene rings is 1. The second-order valence-corrected chi connectivity index (χ2v) is 4.30. The van der Waals surface area contributed by atoms with E-state index in [1.54, 1.807) is 12.1 Å². The summed E-state index contributed by atoms with van der Waals surface area (Å²) in [5.74, 6) is -0.440. The molecule has 1 heterocycles. The van der Waals surface area contributed by atoms with Gasteiger partial charge in [-0.1, -0.05) is 13.0 Å². The molecule has 0 saturated carbocycles. The number of halogens is 1. The van der Waals surface area contributed by atoms with Crippen molar-refractivity contribution in [3.63, 3.8) is 0 Å². The molecule has 0 aromatic heterocycles. The van der Waals surface area contributed by atoms with Crippen molar-refractivity contribution in [2.75, 3.05) is 19.6 Å². The van der Waals surface area contributed by atoms with Gasteiger partial charge in [0.25, 0.3) is 0 Å². The molecule has 1 aliphatic heterocycles. The lowest BCUT2D eigenvalue weighted by Gasteiger charge is -2.37. The quantitative estimate of drug-likeness (QED) is 0.856. The van der Waals surface area contributed by atoms with Gasteiger partial charge in [-0.2, -0.15) is 5.26 Å². The fourth-order valence-electron chi connectivity index (χ4n) is 2.02. The Kier molecular flexibility index (Phi) is 3.72. The Labute approximate surface area is 101 Å². The van der Waals surface area contributed by atoms with Crippen LogP contribution in [0.5, 0.6) is 0 Å². The van der Waals surface area contributed by atoms with Crippen LogP contribution in [-0.2, 0) is 6.54 Å². The maximum Gasteiger partial charge on any atom is 0.140 e. The zero-order valence-electron chi connectivity index (χ0n) is 9.91. The summed E-state index contributed by atoms with van der Waals surface area (Å²) in [6, 6.07) is 7.22. The van der Waals surface area contributed by atoms with Gasteiger partial charge in [0.1, 0.15) is 11.9 Å². The molecule has 0 aliphatic carbocycles. The molecule has 0 spiro atoms. The molecule has 0 bridgehead atoms. The average molecular weight is 233 g/mol. The topological polar surface area (TPSA) is 39.1 Å². The van der Waals surface area contributed by atoms with Gasteiger partial charge in [-0.05, 0) is 24.2 Å². The lowest BCUT2D eigenvalue weighted by atomic mass is 10.1. The van der Waals surface area contributed by atoms with Crippen LogP contribution in [-0.4, -0.2) is 30.6 Å². The maximum absolute atomic E-state index is 13.2. The van der Waals surface area contributed by atoms with Crippen LogP contribution in [0.3, 0.4) is 0 Å². The minimum absolute atomic E-state index is 0.130. The van der Waals surface area contributed by atoms with Crippen LogP contribution >= 0.6 is 0 Å². The van der Waals surface area contributed by atoms with E-state index in [0.717, 1.165) is 31.7 Å². The fraction of sp³-hybridized carbons (Fsp3) is 0.462. The Morgan fingerprint density at radius 2 is 2.29 bits per heavy atom. The van der Waals surface area contributed by atoms with Gasteiger partial charge in [0.05, 0.1) is 5.56 Å². The molecule has 1 N–H and O–H groups in total. The van der Waals surface area contributed by atoms with Gasteiger partial charge in [-0.25, -0.2) is 4.39 Å². The Bertz CT molecular complexity index is 435. The van der Waals surface area contributed by atoms with Crippen LogP contribution in [0.1, 0.15) is 18.1 Å². The summed E-state index contributed by atoms with van der Waals surface area (Å²) in [6.07, 6.45) is 0. The van der Waals surface area contributed by atoms with Crippen molar-refractivity contribution in [1.29, 1.82) is 5.26 Å². The third-order valence-corrected chi connectivity index (χ3v) is 3.22. The van der Waals surface area contributed by atoms with Crippen LogP contribution in [0, 0.1) is 17.1 Å². The van der Waals surface area contributed by atoms with E-state index in [4.69, 9.17) is 5.26 Å². The summed E-state index contributed by atoms with van der Waals surface area (Å²) in [7, 11) is 0. The largest absolute Gasteiger partial charge is 0.314 e. The molecule has 90 valence electrons. The van der Waals surface area contributed by atoms with E-state index >= 15 is 0 Å². The van der Waals surface area contributed by atoms with Gasteiger partial charge in [0, 0.05) is 25.7 Å².